The molecule has 0 spiro atoms. The molecule has 0 fully saturated rings. The highest BCUT2D eigenvalue weighted by molar-refractivity contribution is 7.13. The smallest absolute Gasteiger partial charge is 0.201 e. The fourth-order valence-corrected chi connectivity index (χ4v) is 2.32. The van der Waals surface area contributed by atoms with E-state index in [0.717, 1.165) is 22.0 Å². The summed E-state index contributed by atoms with van der Waals surface area (Å²) in [6.45, 7) is 0. The molecule has 0 aliphatic carbocycles. The number of thiazole rings is 1. The predicted molar refractivity (Wildman–Crippen MR) is 68.7 cm³/mol. The average Bonchev–Trinajstić information content (AvgIpc) is 2.81. The quantitative estimate of drug-likeness (QED) is 0.669. The number of hydrogen-bond donors (Lipinski definition) is 1. The van der Waals surface area contributed by atoms with Crippen LogP contribution in [0.4, 0.5) is 5.69 Å². The number of methoxy groups -OCH3 is 2. The summed E-state index contributed by atoms with van der Waals surface area (Å²) in [6.07, 6.45) is -0.409. The molecule has 0 unspecified atom stereocenters. The highest BCUT2D eigenvalue weighted by Gasteiger charge is 2.13. The molecular weight excluding hydrogens is 236 g/mol. The Morgan fingerprint density at radius 2 is 1.82 bits per heavy atom. The average molecular weight is 250 g/mol. The summed E-state index contributed by atoms with van der Waals surface area (Å²) in [4.78, 5) is 4.48. The van der Waals surface area contributed by atoms with E-state index in [9.17, 15) is 0 Å². The second-order valence-electron chi connectivity index (χ2n) is 3.50. The molecule has 5 heteroatoms. The summed E-state index contributed by atoms with van der Waals surface area (Å²) in [5.74, 6) is 0. The normalized spacial score (nSPS) is 11.0. The van der Waals surface area contributed by atoms with Crippen LogP contribution in [0.2, 0.25) is 0 Å². The highest BCUT2D eigenvalue weighted by atomic mass is 32.1. The Labute approximate surface area is 104 Å². The van der Waals surface area contributed by atoms with Crippen LogP contribution in [0.1, 0.15) is 12.0 Å². The molecule has 2 rings (SSSR count). The lowest BCUT2D eigenvalue weighted by atomic mass is 10.2. The van der Waals surface area contributed by atoms with Crippen molar-refractivity contribution in [2.75, 3.05) is 20.0 Å². The van der Waals surface area contributed by atoms with E-state index < -0.39 is 6.29 Å². The fraction of sp³-hybridized carbons (Fsp3) is 0.250. The lowest BCUT2D eigenvalue weighted by molar-refractivity contribution is -0.108. The molecule has 0 bridgehead atoms. The number of rotatable bonds is 4. The summed E-state index contributed by atoms with van der Waals surface area (Å²) < 4.78 is 10.3. The first kappa shape index (κ1) is 12.0. The van der Waals surface area contributed by atoms with Gasteiger partial charge in [0.25, 0.3) is 0 Å². The third-order valence-electron chi connectivity index (χ3n) is 2.35. The number of benzene rings is 1. The Morgan fingerprint density at radius 1 is 1.18 bits per heavy atom. The monoisotopic (exact) mass is 250 g/mol. The summed E-state index contributed by atoms with van der Waals surface area (Å²) >= 11 is 1.56. The third kappa shape index (κ3) is 2.63. The number of anilines is 1. The Bertz CT molecular complexity index is 478. The molecule has 4 nitrogen and oxygen atoms in total. The second kappa shape index (κ2) is 5.27. The van der Waals surface area contributed by atoms with E-state index in [0.29, 0.717) is 0 Å². The SMILES string of the molecule is COC(OC)c1csc(-c2ccc(N)cc2)n1. The molecular formula is C12H14N2O2S. The van der Waals surface area contributed by atoms with Gasteiger partial charge in [-0.15, -0.1) is 11.3 Å². The fourth-order valence-electron chi connectivity index (χ4n) is 1.49. The van der Waals surface area contributed by atoms with E-state index in [1.165, 1.54) is 0 Å². The maximum Gasteiger partial charge on any atom is 0.201 e. The molecule has 0 radical (unpaired) electrons. The number of nitrogens with two attached hydrogens (primary N) is 1. The molecule has 17 heavy (non-hydrogen) atoms. The number of ether oxygens (including phenoxy) is 2. The minimum atomic E-state index is -0.409. The Hall–Kier alpha value is -1.43. The molecule has 2 N–H and O–H groups in total. The van der Waals surface area contributed by atoms with E-state index >= 15 is 0 Å². The summed E-state index contributed by atoms with van der Waals surface area (Å²) in [6, 6.07) is 7.63. The third-order valence-corrected chi connectivity index (χ3v) is 3.26. The van der Waals surface area contributed by atoms with Gasteiger partial charge in [0.1, 0.15) is 10.7 Å². The molecule has 0 aliphatic rings. The van der Waals surface area contributed by atoms with Crippen molar-refractivity contribution in [3.63, 3.8) is 0 Å². The van der Waals surface area contributed by atoms with E-state index in [4.69, 9.17) is 15.2 Å². The van der Waals surface area contributed by atoms with Crippen LogP contribution in [0.25, 0.3) is 10.6 Å². The molecule has 90 valence electrons. The van der Waals surface area contributed by atoms with Crippen LogP contribution in [0.3, 0.4) is 0 Å². The van der Waals surface area contributed by atoms with Crippen molar-refractivity contribution >= 4 is 17.0 Å². The molecule has 0 amide bonds. The van der Waals surface area contributed by atoms with Gasteiger partial charge in [-0.3, -0.25) is 0 Å². The zero-order chi connectivity index (χ0) is 12.3. The number of aromatic nitrogens is 1. The second-order valence-corrected chi connectivity index (χ2v) is 4.36. The van der Waals surface area contributed by atoms with Gasteiger partial charge in [-0.05, 0) is 24.3 Å². The zero-order valence-electron chi connectivity index (χ0n) is 9.71. The summed E-state index contributed by atoms with van der Waals surface area (Å²) in [5, 5.41) is 2.86. The van der Waals surface area contributed by atoms with Gasteiger partial charge in [0.05, 0.1) is 0 Å². The first-order valence-electron chi connectivity index (χ1n) is 5.11. The van der Waals surface area contributed by atoms with Gasteiger partial charge < -0.3 is 15.2 Å². The van der Waals surface area contributed by atoms with E-state index in [1.807, 2.05) is 29.6 Å². The number of nitrogens with zero attached hydrogens (tertiary/aromatic N) is 1. The number of nitrogen functional groups attached to an aromatic ring is 1. The van der Waals surface area contributed by atoms with Crippen LogP contribution >= 0.6 is 11.3 Å². The minimum Gasteiger partial charge on any atom is -0.399 e. The minimum absolute atomic E-state index is 0.409. The van der Waals surface area contributed by atoms with Gasteiger partial charge in [-0.2, -0.15) is 0 Å². The lowest BCUT2D eigenvalue weighted by Crippen LogP contribution is -2.03. The largest absolute Gasteiger partial charge is 0.399 e. The van der Waals surface area contributed by atoms with Gasteiger partial charge in [0.2, 0.25) is 6.29 Å². The van der Waals surface area contributed by atoms with Crippen molar-refractivity contribution in [3.05, 3.63) is 35.3 Å². The van der Waals surface area contributed by atoms with Crippen LogP contribution in [0, 0.1) is 0 Å². The van der Waals surface area contributed by atoms with Gasteiger partial charge in [-0.1, -0.05) is 0 Å². The first-order valence-corrected chi connectivity index (χ1v) is 5.99. The first-order chi connectivity index (χ1) is 8.24. The molecule has 0 saturated heterocycles. The van der Waals surface area contributed by atoms with Crippen molar-refractivity contribution in [1.82, 2.24) is 4.98 Å². The van der Waals surface area contributed by atoms with Crippen molar-refractivity contribution in [1.29, 1.82) is 0 Å². The molecule has 1 heterocycles. The zero-order valence-corrected chi connectivity index (χ0v) is 10.5. The summed E-state index contributed by atoms with van der Waals surface area (Å²) in [7, 11) is 3.19. The maximum atomic E-state index is 5.64. The molecule has 0 saturated carbocycles. The van der Waals surface area contributed by atoms with Crippen LogP contribution < -0.4 is 5.73 Å². The molecule has 0 atom stereocenters. The topological polar surface area (TPSA) is 57.4 Å². The molecule has 0 aliphatic heterocycles. The molecule has 2 aromatic rings. The Balaban J connectivity index is 2.26. The highest BCUT2D eigenvalue weighted by Crippen LogP contribution is 2.27. The van der Waals surface area contributed by atoms with Crippen LogP contribution in [-0.2, 0) is 9.47 Å². The van der Waals surface area contributed by atoms with Gasteiger partial charge >= 0.3 is 0 Å². The van der Waals surface area contributed by atoms with Crippen LogP contribution in [0.15, 0.2) is 29.6 Å². The van der Waals surface area contributed by atoms with Crippen LogP contribution in [-0.4, -0.2) is 19.2 Å². The maximum absolute atomic E-state index is 5.64. The molecule has 1 aromatic carbocycles. The van der Waals surface area contributed by atoms with E-state index in [2.05, 4.69) is 4.98 Å². The summed E-state index contributed by atoms with van der Waals surface area (Å²) in [5.41, 5.74) is 8.22. The standard InChI is InChI=1S/C12H14N2O2S/c1-15-12(16-2)10-7-17-11(14-10)8-3-5-9(13)6-4-8/h3-7,12H,13H2,1-2H3. The number of hydrogen-bond acceptors (Lipinski definition) is 5. The van der Waals surface area contributed by atoms with Gasteiger partial charge in [0, 0.05) is 30.9 Å². The van der Waals surface area contributed by atoms with Crippen molar-refractivity contribution < 1.29 is 9.47 Å². The van der Waals surface area contributed by atoms with Gasteiger partial charge in [0.15, 0.2) is 0 Å². The van der Waals surface area contributed by atoms with Crippen LogP contribution in [0.5, 0.6) is 0 Å². The predicted octanol–water partition coefficient (Wildman–Crippen LogP) is 2.68. The van der Waals surface area contributed by atoms with Crippen molar-refractivity contribution in [2.24, 2.45) is 0 Å². The lowest BCUT2D eigenvalue weighted by Gasteiger charge is -2.09. The van der Waals surface area contributed by atoms with E-state index in [-0.39, 0.29) is 0 Å². The Kier molecular flexibility index (Phi) is 3.73. The van der Waals surface area contributed by atoms with Gasteiger partial charge in [-0.25, -0.2) is 4.98 Å². The van der Waals surface area contributed by atoms with E-state index in [1.54, 1.807) is 25.6 Å². The van der Waals surface area contributed by atoms with Crippen molar-refractivity contribution in [2.45, 2.75) is 6.29 Å². The van der Waals surface area contributed by atoms with Crippen molar-refractivity contribution in [3.8, 4) is 10.6 Å². The molecule has 1 aromatic heterocycles. The Morgan fingerprint density at radius 3 is 2.41 bits per heavy atom.